The molecule has 128 valence electrons. The summed E-state index contributed by atoms with van der Waals surface area (Å²) < 4.78 is 11.1. The Morgan fingerprint density at radius 1 is 1.17 bits per heavy atom. The van der Waals surface area contributed by atoms with Crippen LogP contribution in [0.25, 0.3) is 0 Å². The minimum absolute atomic E-state index is 0.147. The first-order valence-electron chi connectivity index (χ1n) is 7.86. The van der Waals surface area contributed by atoms with Crippen molar-refractivity contribution in [3.63, 3.8) is 0 Å². The highest BCUT2D eigenvalue weighted by Gasteiger charge is 2.18. The van der Waals surface area contributed by atoms with E-state index in [1.807, 2.05) is 38.1 Å². The van der Waals surface area contributed by atoms with Crippen LogP contribution in [0.4, 0.5) is 0 Å². The van der Waals surface area contributed by atoms with Crippen molar-refractivity contribution in [2.45, 2.75) is 33.4 Å². The van der Waals surface area contributed by atoms with Gasteiger partial charge in [0.1, 0.15) is 24.2 Å². The minimum Gasteiger partial charge on any atom is -0.486 e. The third-order valence-corrected chi connectivity index (χ3v) is 3.38. The summed E-state index contributed by atoms with van der Waals surface area (Å²) in [6, 6.07) is 10.3. The third kappa shape index (κ3) is 4.87. The summed E-state index contributed by atoms with van der Waals surface area (Å²) in [6.45, 7) is 6.18. The van der Waals surface area contributed by atoms with Gasteiger partial charge < -0.3 is 19.8 Å². The van der Waals surface area contributed by atoms with Crippen molar-refractivity contribution in [2.24, 2.45) is 0 Å². The molecule has 6 heteroatoms. The molecular formula is C18H22N2O4. The van der Waals surface area contributed by atoms with E-state index in [1.54, 1.807) is 19.1 Å². The molecule has 0 saturated heterocycles. The van der Waals surface area contributed by atoms with Crippen LogP contribution in [-0.2, 0) is 11.4 Å². The van der Waals surface area contributed by atoms with Crippen LogP contribution in [0.15, 0.2) is 40.8 Å². The van der Waals surface area contributed by atoms with Gasteiger partial charge in [-0.1, -0.05) is 17.7 Å². The largest absolute Gasteiger partial charge is 0.486 e. The van der Waals surface area contributed by atoms with Crippen molar-refractivity contribution in [3.8, 4) is 5.75 Å². The predicted octanol–water partition coefficient (Wildman–Crippen LogP) is 2.42. The molecule has 1 aromatic heterocycles. The van der Waals surface area contributed by atoms with Crippen LogP contribution in [0.3, 0.4) is 0 Å². The second-order valence-electron chi connectivity index (χ2n) is 5.46. The lowest BCUT2D eigenvalue weighted by molar-refractivity contribution is -0.122. The number of furan rings is 1. The molecule has 0 aliphatic rings. The smallest absolute Gasteiger partial charge is 0.287 e. The molecule has 6 nitrogen and oxygen atoms in total. The van der Waals surface area contributed by atoms with E-state index in [9.17, 15) is 9.59 Å². The standard InChI is InChI=1S/C18H22N2O4/c1-4-19-17(21)13(3)20-18(22)16-10-9-15(24-16)11-23-14-7-5-12(2)6-8-14/h5-10,13H,4,11H2,1-3H3,(H,19,21)(H,20,22)/t13-/m1/s1. The van der Waals surface area contributed by atoms with Gasteiger partial charge in [-0.2, -0.15) is 0 Å². The van der Waals surface area contributed by atoms with E-state index in [1.165, 1.54) is 0 Å². The van der Waals surface area contributed by atoms with Crippen LogP contribution in [0.1, 0.15) is 35.7 Å². The van der Waals surface area contributed by atoms with Gasteiger partial charge in [-0.25, -0.2) is 0 Å². The Hall–Kier alpha value is -2.76. The molecule has 0 unspecified atom stereocenters. The van der Waals surface area contributed by atoms with Crippen molar-refractivity contribution >= 4 is 11.8 Å². The number of rotatable bonds is 7. The first-order valence-corrected chi connectivity index (χ1v) is 7.86. The van der Waals surface area contributed by atoms with E-state index in [-0.39, 0.29) is 18.3 Å². The van der Waals surface area contributed by atoms with E-state index in [4.69, 9.17) is 9.15 Å². The number of hydrogen-bond donors (Lipinski definition) is 2. The molecule has 0 saturated carbocycles. The van der Waals surface area contributed by atoms with Gasteiger partial charge in [0.15, 0.2) is 5.76 Å². The Kier molecular flexibility index (Phi) is 6.01. The van der Waals surface area contributed by atoms with Gasteiger partial charge in [0, 0.05) is 6.54 Å². The second-order valence-corrected chi connectivity index (χ2v) is 5.46. The molecule has 2 N–H and O–H groups in total. The molecule has 0 radical (unpaired) electrons. The Balaban J connectivity index is 1.88. The highest BCUT2D eigenvalue weighted by atomic mass is 16.5. The maximum atomic E-state index is 12.1. The zero-order valence-electron chi connectivity index (χ0n) is 14.1. The van der Waals surface area contributed by atoms with Crippen molar-refractivity contribution < 1.29 is 18.7 Å². The highest BCUT2D eigenvalue weighted by molar-refractivity contribution is 5.95. The normalized spacial score (nSPS) is 11.6. The van der Waals surface area contributed by atoms with Gasteiger partial charge >= 0.3 is 0 Å². The molecule has 0 fully saturated rings. The number of nitrogens with one attached hydrogen (secondary N) is 2. The zero-order valence-corrected chi connectivity index (χ0v) is 14.1. The van der Waals surface area contributed by atoms with Gasteiger partial charge in [-0.15, -0.1) is 0 Å². The fourth-order valence-corrected chi connectivity index (χ4v) is 2.03. The number of carbonyl (C=O) groups is 2. The number of ether oxygens (including phenoxy) is 1. The topological polar surface area (TPSA) is 80.6 Å². The Morgan fingerprint density at radius 3 is 2.54 bits per heavy atom. The molecule has 2 rings (SSSR count). The Bertz CT molecular complexity index is 691. The maximum Gasteiger partial charge on any atom is 0.287 e. The molecule has 1 heterocycles. The first kappa shape index (κ1) is 17.6. The predicted molar refractivity (Wildman–Crippen MR) is 89.8 cm³/mol. The van der Waals surface area contributed by atoms with E-state index in [0.29, 0.717) is 12.3 Å². The molecule has 2 aromatic rings. The average Bonchev–Trinajstić information content (AvgIpc) is 3.03. The molecule has 2 amide bonds. The summed E-state index contributed by atoms with van der Waals surface area (Å²) in [5, 5.41) is 5.23. The lowest BCUT2D eigenvalue weighted by atomic mass is 10.2. The lowest BCUT2D eigenvalue weighted by Gasteiger charge is -2.12. The van der Waals surface area contributed by atoms with E-state index in [2.05, 4.69) is 10.6 Å². The van der Waals surface area contributed by atoms with E-state index in [0.717, 1.165) is 11.3 Å². The fourth-order valence-electron chi connectivity index (χ4n) is 2.03. The van der Waals surface area contributed by atoms with Crippen LogP contribution in [-0.4, -0.2) is 24.4 Å². The monoisotopic (exact) mass is 330 g/mol. The van der Waals surface area contributed by atoms with Crippen molar-refractivity contribution in [2.75, 3.05) is 6.54 Å². The number of benzene rings is 1. The zero-order chi connectivity index (χ0) is 17.5. The molecule has 1 atom stereocenters. The lowest BCUT2D eigenvalue weighted by Crippen LogP contribution is -2.44. The Labute approximate surface area is 141 Å². The van der Waals surface area contributed by atoms with Crippen LogP contribution in [0, 0.1) is 6.92 Å². The van der Waals surface area contributed by atoms with Gasteiger partial charge in [0.05, 0.1) is 0 Å². The molecule has 0 bridgehead atoms. The quantitative estimate of drug-likeness (QED) is 0.817. The summed E-state index contributed by atoms with van der Waals surface area (Å²) >= 11 is 0. The summed E-state index contributed by atoms with van der Waals surface area (Å²) in [5.74, 6) is 0.739. The summed E-state index contributed by atoms with van der Waals surface area (Å²) in [5.41, 5.74) is 1.15. The third-order valence-electron chi connectivity index (χ3n) is 3.38. The van der Waals surface area contributed by atoms with Crippen LogP contribution < -0.4 is 15.4 Å². The molecule has 0 aliphatic heterocycles. The number of aryl methyl sites for hydroxylation is 1. The SMILES string of the molecule is CCNC(=O)[C@@H](C)NC(=O)c1ccc(COc2ccc(C)cc2)o1. The number of hydrogen-bond acceptors (Lipinski definition) is 4. The van der Waals surface area contributed by atoms with Gasteiger partial charge in [-0.3, -0.25) is 9.59 Å². The fraction of sp³-hybridized carbons (Fsp3) is 0.333. The maximum absolute atomic E-state index is 12.1. The Morgan fingerprint density at radius 2 is 1.88 bits per heavy atom. The minimum atomic E-state index is -0.630. The molecule has 0 spiro atoms. The van der Waals surface area contributed by atoms with Crippen LogP contribution in [0.5, 0.6) is 5.75 Å². The molecular weight excluding hydrogens is 308 g/mol. The summed E-state index contributed by atoms with van der Waals surface area (Å²) in [7, 11) is 0. The molecule has 1 aromatic carbocycles. The van der Waals surface area contributed by atoms with Crippen LogP contribution >= 0.6 is 0 Å². The molecule has 0 aliphatic carbocycles. The second kappa shape index (κ2) is 8.19. The average molecular weight is 330 g/mol. The molecule has 24 heavy (non-hydrogen) atoms. The van der Waals surface area contributed by atoms with E-state index >= 15 is 0 Å². The van der Waals surface area contributed by atoms with Gasteiger partial charge in [0.25, 0.3) is 5.91 Å². The number of carbonyl (C=O) groups excluding carboxylic acids is 2. The van der Waals surface area contributed by atoms with Crippen LogP contribution in [0.2, 0.25) is 0 Å². The first-order chi connectivity index (χ1) is 11.5. The highest BCUT2D eigenvalue weighted by Crippen LogP contribution is 2.15. The number of amides is 2. The number of likely N-dealkylation sites (N-methyl/N-ethyl adjacent to an activating group) is 1. The van der Waals surface area contributed by atoms with Gasteiger partial charge in [-0.05, 0) is 45.0 Å². The van der Waals surface area contributed by atoms with Crippen molar-refractivity contribution in [1.82, 2.24) is 10.6 Å². The van der Waals surface area contributed by atoms with Crippen molar-refractivity contribution in [1.29, 1.82) is 0 Å². The van der Waals surface area contributed by atoms with E-state index < -0.39 is 11.9 Å². The van der Waals surface area contributed by atoms with Gasteiger partial charge in [0.2, 0.25) is 5.91 Å². The summed E-state index contributed by atoms with van der Waals surface area (Å²) in [4.78, 5) is 23.7. The summed E-state index contributed by atoms with van der Waals surface area (Å²) in [6.07, 6.45) is 0. The van der Waals surface area contributed by atoms with Crippen molar-refractivity contribution in [3.05, 3.63) is 53.5 Å².